The molecule has 4 rings (SSSR count). The zero-order valence-electron chi connectivity index (χ0n) is 23.8. The van der Waals surface area contributed by atoms with Gasteiger partial charge in [0, 0.05) is 31.3 Å². The second-order valence-electron chi connectivity index (χ2n) is 10.1. The number of carbonyl (C=O) groups is 2. The maximum absolute atomic E-state index is 12.3. The first-order valence-electron chi connectivity index (χ1n) is 14.1. The molecule has 41 heavy (non-hydrogen) atoms. The molecule has 0 radical (unpaired) electrons. The number of aliphatic hydroxyl groups is 1. The Labute approximate surface area is 239 Å². The Bertz CT molecular complexity index is 1320. The molecule has 1 atom stereocenters. The summed E-state index contributed by atoms with van der Waals surface area (Å²) >= 11 is 0. The van der Waals surface area contributed by atoms with Gasteiger partial charge in [-0.15, -0.1) is 0 Å². The lowest BCUT2D eigenvalue weighted by molar-refractivity contribution is -0.153. The van der Waals surface area contributed by atoms with E-state index in [1.165, 1.54) is 0 Å². The van der Waals surface area contributed by atoms with Crippen LogP contribution in [0.5, 0.6) is 5.75 Å². The molecule has 0 saturated carbocycles. The van der Waals surface area contributed by atoms with Crippen molar-refractivity contribution in [1.29, 1.82) is 0 Å². The van der Waals surface area contributed by atoms with E-state index in [0.717, 1.165) is 35.9 Å². The maximum Gasteiger partial charge on any atom is 0.306 e. The molecular weight excluding hydrogens is 528 g/mol. The summed E-state index contributed by atoms with van der Waals surface area (Å²) in [5, 5.41) is 13.2. The molecule has 0 bridgehead atoms. The molecule has 1 aromatic carbocycles. The van der Waals surface area contributed by atoms with Crippen LogP contribution in [0.3, 0.4) is 0 Å². The summed E-state index contributed by atoms with van der Waals surface area (Å²) in [6.45, 7) is 4.36. The van der Waals surface area contributed by atoms with Crippen molar-refractivity contribution >= 4 is 34.7 Å². The third kappa shape index (κ3) is 8.08. The number of nitrogens with two attached hydrogens (primary N) is 1. The van der Waals surface area contributed by atoms with Gasteiger partial charge in [0.15, 0.2) is 12.4 Å². The summed E-state index contributed by atoms with van der Waals surface area (Å²) in [6, 6.07) is 7.57. The molecular formula is C29H40N6O6. The smallest absolute Gasteiger partial charge is 0.306 e. The van der Waals surface area contributed by atoms with E-state index in [0.29, 0.717) is 56.4 Å². The number of nitrogen functional groups attached to an aromatic ring is 1. The van der Waals surface area contributed by atoms with Gasteiger partial charge in [0.1, 0.15) is 11.3 Å². The van der Waals surface area contributed by atoms with Crippen molar-refractivity contribution in [3.63, 3.8) is 0 Å². The topological polar surface area (TPSA) is 154 Å². The predicted octanol–water partition coefficient (Wildman–Crippen LogP) is 2.37. The predicted molar refractivity (Wildman–Crippen MR) is 155 cm³/mol. The number of unbranched alkanes of at least 4 members (excludes halogenated alkanes) is 1. The van der Waals surface area contributed by atoms with Gasteiger partial charge in [0.25, 0.3) is 5.91 Å². The van der Waals surface area contributed by atoms with Gasteiger partial charge < -0.3 is 39.8 Å². The van der Waals surface area contributed by atoms with Crippen molar-refractivity contribution in [2.24, 2.45) is 0 Å². The van der Waals surface area contributed by atoms with Crippen LogP contribution in [0.4, 0.5) is 11.8 Å². The first-order valence-corrected chi connectivity index (χ1v) is 14.1. The van der Waals surface area contributed by atoms with E-state index in [4.69, 9.17) is 19.9 Å². The van der Waals surface area contributed by atoms with Crippen LogP contribution >= 0.6 is 0 Å². The van der Waals surface area contributed by atoms with Crippen molar-refractivity contribution in [1.82, 2.24) is 19.4 Å². The highest BCUT2D eigenvalue weighted by Gasteiger charge is 2.19. The normalized spacial score (nSPS) is 14.2. The lowest BCUT2D eigenvalue weighted by Crippen LogP contribution is -2.42. The summed E-state index contributed by atoms with van der Waals surface area (Å²) in [4.78, 5) is 34.9. The second-order valence-corrected chi connectivity index (χ2v) is 10.1. The van der Waals surface area contributed by atoms with Crippen molar-refractivity contribution in [2.45, 2.75) is 51.6 Å². The summed E-state index contributed by atoms with van der Waals surface area (Å²) in [6.07, 6.45) is 5.35. The highest BCUT2D eigenvalue weighted by Crippen LogP contribution is 2.28. The Morgan fingerprint density at radius 2 is 2.02 bits per heavy atom. The molecule has 12 heteroatoms. The lowest BCUT2D eigenvalue weighted by Gasteiger charge is -2.26. The highest BCUT2D eigenvalue weighted by atomic mass is 16.5. The number of amides is 1. The first-order chi connectivity index (χ1) is 19.9. The molecule has 4 N–H and O–H groups in total. The van der Waals surface area contributed by atoms with Gasteiger partial charge in [-0.05, 0) is 30.5 Å². The maximum atomic E-state index is 12.3. The lowest BCUT2D eigenvalue weighted by atomic mass is 10.1. The number of methoxy groups -OCH3 is 1. The van der Waals surface area contributed by atoms with E-state index in [1.54, 1.807) is 12.0 Å². The molecule has 1 aliphatic heterocycles. The van der Waals surface area contributed by atoms with Crippen LogP contribution in [-0.2, 0) is 32.0 Å². The Kier molecular flexibility index (Phi) is 10.7. The van der Waals surface area contributed by atoms with E-state index >= 15 is 0 Å². The zero-order chi connectivity index (χ0) is 29.2. The Balaban J connectivity index is 1.41. The summed E-state index contributed by atoms with van der Waals surface area (Å²) in [5.74, 6) is 0.796. The van der Waals surface area contributed by atoms with Crippen LogP contribution in [0.25, 0.3) is 11.0 Å². The molecule has 1 aliphatic rings. The van der Waals surface area contributed by atoms with E-state index in [-0.39, 0.29) is 37.5 Å². The number of hydrogen-bond acceptors (Lipinski definition) is 10. The molecule has 1 amide bonds. The monoisotopic (exact) mass is 568 g/mol. The molecule has 0 unspecified atom stereocenters. The Hall–Kier alpha value is -3.90. The number of fused-ring (bicyclic) bond motifs is 1. The number of anilines is 2. The number of carbonyl (C=O) groups excluding carboxylic acids is 2. The number of aliphatic hydroxyl groups excluding tert-OH is 1. The van der Waals surface area contributed by atoms with E-state index in [9.17, 15) is 14.7 Å². The average molecular weight is 569 g/mol. The van der Waals surface area contributed by atoms with Crippen LogP contribution in [0.1, 0.15) is 43.7 Å². The van der Waals surface area contributed by atoms with Crippen LogP contribution in [0.2, 0.25) is 0 Å². The van der Waals surface area contributed by atoms with Crippen molar-refractivity contribution in [2.75, 3.05) is 57.7 Å². The van der Waals surface area contributed by atoms with Gasteiger partial charge in [0.05, 0.1) is 45.0 Å². The fourth-order valence-electron chi connectivity index (χ4n) is 4.83. The largest absolute Gasteiger partial charge is 0.496 e. The molecule has 12 nitrogen and oxygen atoms in total. The zero-order valence-corrected chi connectivity index (χ0v) is 23.8. The van der Waals surface area contributed by atoms with Crippen LogP contribution in [0, 0.1) is 0 Å². The molecule has 222 valence electrons. The van der Waals surface area contributed by atoms with Crippen molar-refractivity contribution in [3.05, 3.63) is 41.6 Å². The molecule has 3 heterocycles. The number of hydrogen-bond donors (Lipinski definition) is 3. The number of nitrogens with one attached hydrogen (secondary N) is 1. The molecule has 2 aromatic heterocycles. The molecule has 0 spiro atoms. The number of aryl methyl sites for hydroxylation is 1. The SMILES string of the molecule is CCCC[C@@H](CO)Nc1nc(N)nc2ccn(Cc3ccc(CCC(=O)OCC(=O)N4CCOCC4)cc3OC)c12. The van der Waals surface area contributed by atoms with Gasteiger partial charge in [-0.3, -0.25) is 9.59 Å². The second kappa shape index (κ2) is 14.6. The van der Waals surface area contributed by atoms with E-state index in [2.05, 4.69) is 22.2 Å². The summed E-state index contributed by atoms with van der Waals surface area (Å²) < 4.78 is 18.1. The molecule has 1 fully saturated rings. The Morgan fingerprint density at radius 1 is 1.22 bits per heavy atom. The van der Waals surface area contributed by atoms with Gasteiger partial charge in [-0.2, -0.15) is 4.98 Å². The van der Waals surface area contributed by atoms with Crippen LogP contribution in [-0.4, -0.2) is 89.1 Å². The summed E-state index contributed by atoms with van der Waals surface area (Å²) in [5.41, 5.74) is 9.31. The first kappa shape index (κ1) is 30.1. The fourth-order valence-corrected chi connectivity index (χ4v) is 4.83. The van der Waals surface area contributed by atoms with Crippen LogP contribution < -0.4 is 15.8 Å². The van der Waals surface area contributed by atoms with Gasteiger partial charge in [0.2, 0.25) is 5.95 Å². The highest BCUT2D eigenvalue weighted by molar-refractivity contribution is 5.88. The fraction of sp³-hybridized carbons (Fsp3) is 0.517. The quantitative estimate of drug-likeness (QED) is 0.247. The summed E-state index contributed by atoms with van der Waals surface area (Å²) in [7, 11) is 1.61. The number of nitrogens with zero attached hydrogens (tertiary/aromatic N) is 4. The standard InChI is InChI=1S/C29H40N6O6/c1-3-4-5-22(18-36)31-28-27-23(32-29(30)33-28)10-11-35(27)17-21-8-6-20(16-24(21)39-2)7-9-26(38)41-19-25(37)34-12-14-40-15-13-34/h6,8,10-11,16,22,36H,3-5,7,9,12-15,17-19H2,1-2H3,(H3,30,31,32,33)/t22-/m0/s1. The number of benzene rings is 1. The molecule has 3 aromatic rings. The van der Waals surface area contributed by atoms with Gasteiger partial charge in [-0.25, -0.2) is 4.98 Å². The minimum absolute atomic E-state index is 0.0148. The van der Waals surface area contributed by atoms with Crippen molar-refractivity contribution < 1.29 is 28.9 Å². The third-order valence-corrected chi connectivity index (χ3v) is 7.13. The number of morpholine rings is 1. The van der Waals surface area contributed by atoms with E-state index in [1.807, 2.05) is 35.0 Å². The average Bonchev–Trinajstić information content (AvgIpc) is 3.39. The van der Waals surface area contributed by atoms with E-state index < -0.39 is 5.97 Å². The number of ether oxygens (including phenoxy) is 3. The van der Waals surface area contributed by atoms with Crippen molar-refractivity contribution in [3.8, 4) is 5.75 Å². The van der Waals surface area contributed by atoms with Gasteiger partial charge >= 0.3 is 5.97 Å². The number of esters is 1. The minimum atomic E-state index is -0.423. The molecule has 0 aliphatic carbocycles. The minimum Gasteiger partial charge on any atom is -0.496 e. The number of rotatable bonds is 14. The van der Waals surface area contributed by atoms with Gasteiger partial charge in [-0.1, -0.05) is 31.9 Å². The molecule has 1 saturated heterocycles. The third-order valence-electron chi connectivity index (χ3n) is 7.13. The number of aromatic nitrogens is 3. The Morgan fingerprint density at radius 3 is 2.76 bits per heavy atom. The van der Waals surface area contributed by atoms with Crippen LogP contribution in [0.15, 0.2) is 30.5 Å².